The lowest BCUT2D eigenvalue weighted by molar-refractivity contribution is -0.125. The summed E-state index contributed by atoms with van der Waals surface area (Å²) in [5.41, 5.74) is 0.192. The van der Waals surface area contributed by atoms with Crippen LogP contribution in [0.4, 0.5) is 0 Å². The Bertz CT molecular complexity index is 308. The number of carbonyl (C=O) groups excluding carboxylic acids is 1. The normalized spacial score (nSPS) is 23.9. The molecule has 0 aromatic rings. The second-order valence-corrected chi connectivity index (χ2v) is 6.77. The van der Waals surface area contributed by atoms with Gasteiger partial charge in [0.2, 0.25) is 5.91 Å². The fourth-order valence-corrected chi connectivity index (χ4v) is 3.69. The minimum Gasteiger partial charge on any atom is -0.384 e. The molecular formula is C16H30N2O2. The molecule has 0 aromatic heterocycles. The van der Waals surface area contributed by atoms with Gasteiger partial charge in [-0.25, -0.2) is 0 Å². The minimum atomic E-state index is 0.0918. The second-order valence-electron chi connectivity index (χ2n) is 6.77. The van der Waals surface area contributed by atoms with Crippen molar-refractivity contribution in [1.82, 2.24) is 10.2 Å². The van der Waals surface area contributed by atoms with Crippen LogP contribution in [0, 0.1) is 11.3 Å². The molecule has 4 heteroatoms. The molecule has 1 saturated carbocycles. The van der Waals surface area contributed by atoms with Crippen LogP contribution in [0.3, 0.4) is 0 Å². The number of nitrogens with zero attached hydrogens (tertiary/aromatic N) is 1. The van der Waals surface area contributed by atoms with Crippen LogP contribution in [0.25, 0.3) is 0 Å². The van der Waals surface area contributed by atoms with Crippen LogP contribution < -0.4 is 5.32 Å². The van der Waals surface area contributed by atoms with E-state index in [1.807, 2.05) is 6.92 Å². The maximum absolute atomic E-state index is 12.3. The van der Waals surface area contributed by atoms with E-state index in [-0.39, 0.29) is 17.2 Å². The largest absolute Gasteiger partial charge is 0.384 e. The minimum absolute atomic E-state index is 0.0918. The Balaban J connectivity index is 1.75. The van der Waals surface area contributed by atoms with Gasteiger partial charge in [0, 0.05) is 31.5 Å². The van der Waals surface area contributed by atoms with Crippen LogP contribution in [0.5, 0.6) is 0 Å². The highest BCUT2D eigenvalue weighted by Gasteiger charge is 2.34. The summed E-state index contributed by atoms with van der Waals surface area (Å²) in [5, 5.41) is 3.18. The molecule has 1 atom stereocenters. The molecule has 1 aliphatic heterocycles. The Kier molecular flexibility index (Phi) is 5.85. The van der Waals surface area contributed by atoms with E-state index in [0.717, 1.165) is 32.8 Å². The molecule has 1 unspecified atom stereocenters. The predicted molar refractivity (Wildman–Crippen MR) is 80.6 cm³/mol. The molecule has 0 bridgehead atoms. The Labute approximate surface area is 123 Å². The van der Waals surface area contributed by atoms with Crippen molar-refractivity contribution >= 4 is 5.91 Å². The fourth-order valence-electron chi connectivity index (χ4n) is 3.69. The van der Waals surface area contributed by atoms with E-state index < -0.39 is 0 Å². The Morgan fingerprint density at radius 1 is 1.25 bits per heavy atom. The summed E-state index contributed by atoms with van der Waals surface area (Å²) in [6.45, 7) is 6.82. The molecule has 0 aromatic carbocycles. The van der Waals surface area contributed by atoms with Crippen LogP contribution in [0.2, 0.25) is 0 Å². The summed E-state index contributed by atoms with van der Waals surface area (Å²) in [5.74, 6) is 0.299. The Hall–Kier alpha value is -0.610. The summed E-state index contributed by atoms with van der Waals surface area (Å²) in [6.07, 6.45) is 7.46. The first-order valence-corrected chi connectivity index (χ1v) is 8.14. The third-order valence-corrected chi connectivity index (χ3v) is 4.93. The molecule has 1 N–H and O–H groups in total. The van der Waals surface area contributed by atoms with Crippen molar-refractivity contribution in [2.75, 3.05) is 39.9 Å². The number of rotatable bonds is 7. The van der Waals surface area contributed by atoms with Crippen molar-refractivity contribution in [1.29, 1.82) is 0 Å². The lowest BCUT2D eigenvalue weighted by Gasteiger charge is -2.29. The van der Waals surface area contributed by atoms with E-state index in [4.69, 9.17) is 4.74 Å². The first kappa shape index (κ1) is 15.8. The first-order valence-electron chi connectivity index (χ1n) is 8.14. The van der Waals surface area contributed by atoms with Crippen molar-refractivity contribution < 1.29 is 9.53 Å². The lowest BCUT2D eigenvalue weighted by atomic mass is 9.87. The van der Waals surface area contributed by atoms with E-state index in [2.05, 4.69) is 10.2 Å². The lowest BCUT2D eigenvalue weighted by Crippen LogP contribution is -2.43. The third kappa shape index (κ3) is 4.19. The molecule has 4 nitrogen and oxygen atoms in total. The average molecular weight is 282 g/mol. The molecule has 1 heterocycles. The third-order valence-electron chi connectivity index (χ3n) is 4.93. The summed E-state index contributed by atoms with van der Waals surface area (Å²) in [4.78, 5) is 14.7. The number of hydrogen-bond acceptors (Lipinski definition) is 3. The van der Waals surface area contributed by atoms with Crippen LogP contribution in [-0.2, 0) is 9.53 Å². The molecular weight excluding hydrogens is 252 g/mol. The van der Waals surface area contributed by atoms with Crippen LogP contribution in [0.1, 0.15) is 45.4 Å². The molecule has 2 rings (SSSR count). The monoisotopic (exact) mass is 282 g/mol. The predicted octanol–water partition coefficient (Wildman–Crippen LogP) is 2.04. The highest BCUT2D eigenvalue weighted by molar-refractivity contribution is 5.78. The molecule has 0 radical (unpaired) electrons. The highest BCUT2D eigenvalue weighted by Crippen LogP contribution is 2.37. The maximum Gasteiger partial charge on any atom is 0.224 e. The molecule has 2 fully saturated rings. The van der Waals surface area contributed by atoms with Crippen LogP contribution >= 0.6 is 0 Å². The van der Waals surface area contributed by atoms with Gasteiger partial charge in [-0.05, 0) is 38.8 Å². The zero-order valence-corrected chi connectivity index (χ0v) is 13.1. The fraction of sp³-hybridized carbons (Fsp3) is 0.938. The smallest absolute Gasteiger partial charge is 0.224 e. The van der Waals surface area contributed by atoms with E-state index in [9.17, 15) is 4.79 Å². The first-order chi connectivity index (χ1) is 9.65. The van der Waals surface area contributed by atoms with Gasteiger partial charge in [0.1, 0.15) is 0 Å². The van der Waals surface area contributed by atoms with E-state index in [1.165, 1.54) is 38.5 Å². The molecule has 0 spiro atoms. The molecule has 2 aliphatic rings. The van der Waals surface area contributed by atoms with Gasteiger partial charge in [0.25, 0.3) is 0 Å². The highest BCUT2D eigenvalue weighted by atomic mass is 16.5. The number of carbonyl (C=O) groups is 1. The van der Waals surface area contributed by atoms with Gasteiger partial charge in [-0.2, -0.15) is 0 Å². The van der Waals surface area contributed by atoms with E-state index >= 15 is 0 Å². The number of ether oxygens (including phenoxy) is 1. The summed E-state index contributed by atoms with van der Waals surface area (Å²) >= 11 is 0. The summed E-state index contributed by atoms with van der Waals surface area (Å²) in [7, 11) is 1.76. The number of likely N-dealkylation sites (tertiary alicyclic amines) is 1. The molecule has 116 valence electrons. The average Bonchev–Trinajstić information content (AvgIpc) is 3.09. The van der Waals surface area contributed by atoms with Gasteiger partial charge in [-0.15, -0.1) is 0 Å². The maximum atomic E-state index is 12.3. The zero-order chi connectivity index (χ0) is 14.4. The van der Waals surface area contributed by atoms with E-state index in [0.29, 0.717) is 0 Å². The SMILES string of the molecule is COCC1(CNC(=O)C(C)CN2CCCC2)CCCC1. The number of methoxy groups -OCH3 is 1. The molecule has 20 heavy (non-hydrogen) atoms. The van der Waals surface area contributed by atoms with Crippen LogP contribution in [-0.4, -0.2) is 50.7 Å². The van der Waals surface area contributed by atoms with Crippen molar-refractivity contribution in [3.8, 4) is 0 Å². The number of amides is 1. The molecule has 1 amide bonds. The topological polar surface area (TPSA) is 41.6 Å². The zero-order valence-electron chi connectivity index (χ0n) is 13.1. The van der Waals surface area contributed by atoms with Crippen LogP contribution in [0.15, 0.2) is 0 Å². The quantitative estimate of drug-likeness (QED) is 0.777. The van der Waals surface area contributed by atoms with Gasteiger partial charge in [0.15, 0.2) is 0 Å². The van der Waals surface area contributed by atoms with Crippen molar-refractivity contribution in [2.45, 2.75) is 45.4 Å². The van der Waals surface area contributed by atoms with Gasteiger partial charge < -0.3 is 15.0 Å². The second kappa shape index (κ2) is 7.41. The number of nitrogens with one attached hydrogen (secondary N) is 1. The summed E-state index contributed by atoms with van der Waals surface area (Å²) in [6, 6.07) is 0. The van der Waals surface area contributed by atoms with Gasteiger partial charge in [0.05, 0.1) is 6.61 Å². The standard InChI is InChI=1S/C16H30N2O2/c1-14(11-18-9-5-6-10-18)15(19)17-12-16(13-20-2)7-3-4-8-16/h14H,3-13H2,1-2H3,(H,17,19). The summed E-state index contributed by atoms with van der Waals surface area (Å²) < 4.78 is 5.37. The van der Waals surface area contributed by atoms with Gasteiger partial charge >= 0.3 is 0 Å². The van der Waals surface area contributed by atoms with Crippen molar-refractivity contribution in [3.05, 3.63) is 0 Å². The molecule has 1 saturated heterocycles. The molecule has 1 aliphatic carbocycles. The van der Waals surface area contributed by atoms with Gasteiger partial charge in [-0.1, -0.05) is 19.8 Å². The van der Waals surface area contributed by atoms with E-state index in [1.54, 1.807) is 7.11 Å². The van der Waals surface area contributed by atoms with Gasteiger partial charge in [-0.3, -0.25) is 4.79 Å². The number of hydrogen-bond donors (Lipinski definition) is 1. The van der Waals surface area contributed by atoms with Crippen molar-refractivity contribution in [2.24, 2.45) is 11.3 Å². The Morgan fingerprint density at radius 2 is 1.90 bits per heavy atom. The Morgan fingerprint density at radius 3 is 2.50 bits per heavy atom. The van der Waals surface area contributed by atoms with Crippen molar-refractivity contribution in [3.63, 3.8) is 0 Å².